The van der Waals surface area contributed by atoms with E-state index in [2.05, 4.69) is 26.2 Å². The highest BCUT2D eigenvalue weighted by molar-refractivity contribution is 9.10. The molecule has 1 aromatic carbocycles. The molecule has 3 nitrogen and oxygen atoms in total. The zero-order valence-electron chi connectivity index (χ0n) is 10.9. The standard InChI is InChI=1S/C15H15BrN2O/c1-10-7-8-13(11(2)18-10)15(19)17-9-12-5-3-4-6-14(12)16/h3-8H,9H2,1-2H3,(H,17,19). The third-order valence-electron chi connectivity index (χ3n) is 2.87. The molecule has 0 spiro atoms. The van der Waals surface area contributed by atoms with Gasteiger partial charge in [-0.1, -0.05) is 34.1 Å². The lowest BCUT2D eigenvalue weighted by Crippen LogP contribution is -2.24. The monoisotopic (exact) mass is 318 g/mol. The van der Waals surface area contributed by atoms with Crippen LogP contribution in [0.25, 0.3) is 0 Å². The molecule has 0 fully saturated rings. The Morgan fingerprint density at radius 2 is 1.95 bits per heavy atom. The number of rotatable bonds is 3. The van der Waals surface area contributed by atoms with E-state index in [1.54, 1.807) is 0 Å². The fourth-order valence-electron chi connectivity index (χ4n) is 1.84. The van der Waals surface area contributed by atoms with Gasteiger partial charge in [-0.05, 0) is 37.6 Å². The maximum atomic E-state index is 12.1. The first-order chi connectivity index (χ1) is 9.08. The summed E-state index contributed by atoms with van der Waals surface area (Å²) in [7, 11) is 0. The van der Waals surface area contributed by atoms with E-state index in [4.69, 9.17) is 0 Å². The lowest BCUT2D eigenvalue weighted by molar-refractivity contribution is 0.0950. The van der Waals surface area contributed by atoms with Gasteiger partial charge in [0.05, 0.1) is 11.3 Å². The first-order valence-electron chi connectivity index (χ1n) is 6.04. The Labute approximate surface area is 121 Å². The van der Waals surface area contributed by atoms with E-state index in [9.17, 15) is 4.79 Å². The molecule has 0 saturated carbocycles. The number of carbonyl (C=O) groups is 1. The summed E-state index contributed by atoms with van der Waals surface area (Å²) in [5, 5.41) is 2.91. The molecule has 0 aliphatic carbocycles. The van der Waals surface area contributed by atoms with Crippen molar-refractivity contribution in [3.05, 3.63) is 63.4 Å². The molecule has 0 aliphatic heterocycles. The Morgan fingerprint density at radius 3 is 2.63 bits per heavy atom. The highest BCUT2D eigenvalue weighted by Crippen LogP contribution is 2.15. The average Bonchev–Trinajstić information content (AvgIpc) is 2.37. The smallest absolute Gasteiger partial charge is 0.253 e. The van der Waals surface area contributed by atoms with Crippen molar-refractivity contribution in [2.45, 2.75) is 20.4 Å². The van der Waals surface area contributed by atoms with Crippen LogP contribution in [0.5, 0.6) is 0 Å². The van der Waals surface area contributed by atoms with E-state index in [0.717, 1.165) is 21.4 Å². The summed E-state index contributed by atoms with van der Waals surface area (Å²) in [6, 6.07) is 11.5. The van der Waals surface area contributed by atoms with E-state index in [1.807, 2.05) is 50.2 Å². The normalized spacial score (nSPS) is 10.3. The van der Waals surface area contributed by atoms with Gasteiger partial charge in [0, 0.05) is 16.7 Å². The molecule has 2 rings (SSSR count). The molecule has 1 amide bonds. The first kappa shape index (κ1) is 13.7. The van der Waals surface area contributed by atoms with Gasteiger partial charge in [0.25, 0.3) is 5.91 Å². The molecule has 1 heterocycles. The lowest BCUT2D eigenvalue weighted by atomic mass is 10.1. The molecule has 2 aromatic rings. The van der Waals surface area contributed by atoms with Crippen LogP contribution in [0.4, 0.5) is 0 Å². The molecule has 1 N–H and O–H groups in total. The second kappa shape index (κ2) is 5.97. The second-order valence-electron chi connectivity index (χ2n) is 4.36. The maximum Gasteiger partial charge on any atom is 0.253 e. The number of nitrogens with zero attached hydrogens (tertiary/aromatic N) is 1. The third kappa shape index (κ3) is 3.41. The van der Waals surface area contributed by atoms with Crippen molar-refractivity contribution in [3.8, 4) is 0 Å². The summed E-state index contributed by atoms with van der Waals surface area (Å²) in [6.45, 7) is 4.25. The molecule has 0 saturated heterocycles. The summed E-state index contributed by atoms with van der Waals surface area (Å²) < 4.78 is 0.994. The van der Waals surface area contributed by atoms with Gasteiger partial charge in [-0.15, -0.1) is 0 Å². The molecule has 1 aromatic heterocycles. The number of benzene rings is 1. The topological polar surface area (TPSA) is 42.0 Å². The number of aromatic nitrogens is 1. The van der Waals surface area contributed by atoms with Crippen LogP contribution in [0, 0.1) is 13.8 Å². The summed E-state index contributed by atoms with van der Waals surface area (Å²) in [4.78, 5) is 16.4. The molecule has 0 radical (unpaired) electrons. The number of nitrogens with one attached hydrogen (secondary N) is 1. The van der Waals surface area contributed by atoms with E-state index in [0.29, 0.717) is 12.1 Å². The quantitative estimate of drug-likeness (QED) is 0.942. The number of carbonyl (C=O) groups excluding carboxylic acids is 1. The highest BCUT2D eigenvalue weighted by atomic mass is 79.9. The van der Waals surface area contributed by atoms with E-state index < -0.39 is 0 Å². The number of hydrogen-bond acceptors (Lipinski definition) is 2. The number of amides is 1. The van der Waals surface area contributed by atoms with Gasteiger partial charge < -0.3 is 5.32 Å². The zero-order valence-corrected chi connectivity index (χ0v) is 12.5. The Hall–Kier alpha value is -1.68. The van der Waals surface area contributed by atoms with Crippen LogP contribution in [0.2, 0.25) is 0 Å². The van der Waals surface area contributed by atoms with Crippen molar-refractivity contribution in [1.82, 2.24) is 10.3 Å². The average molecular weight is 319 g/mol. The minimum absolute atomic E-state index is 0.0965. The van der Waals surface area contributed by atoms with Gasteiger partial charge in [-0.3, -0.25) is 9.78 Å². The van der Waals surface area contributed by atoms with Crippen molar-refractivity contribution >= 4 is 21.8 Å². The molecule has 4 heteroatoms. The van der Waals surface area contributed by atoms with Crippen LogP contribution in [-0.2, 0) is 6.54 Å². The Morgan fingerprint density at radius 1 is 1.21 bits per heavy atom. The number of pyridine rings is 1. The predicted molar refractivity (Wildman–Crippen MR) is 79.0 cm³/mol. The summed E-state index contributed by atoms with van der Waals surface area (Å²) in [5.74, 6) is -0.0965. The van der Waals surface area contributed by atoms with Crippen LogP contribution >= 0.6 is 15.9 Å². The van der Waals surface area contributed by atoms with Crippen LogP contribution in [0.15, 0.2) is 40.9 Å². The Balaban J connectivity index is 2.08. The summed E-state index contributed by atoms with van der Waals surface area (Å²) in [5.41, 5.74) is 3.34. The molecule has 0 atom stereocenters. The van der Waals surface area contributed by atoms with Gasteiger partial charge in [-0.2, -0.15) is 0 Å². The van der Waals surface area contributed by atoms with Gasteiger partial charge in [0.1, 0.15) is 0 Å². The molecule has 0 aliphatic rings. The van der Waals surface area contributed by atoms with E-state index in [-0.39, 0.29) is 5.91 Å². The predicted octanol–water partition coefficient (Wildman–Crippen LogP) is 3.39. The summed E-state index contributed by atoms with van der Waals surface area (Å²) in [6.07, 6.45) is 0. The maximum absolute atomic E-state index is 12.1. The van der Waals surface area contributed by atoms with Crippen molar-refractivity contribution in [1.29, 1.82) is 0 Å². The lowest BCUT2D eigenvalue weighted by Gasteiger charge is -2.09. The summed E-state index contributed by atoms with van der Waals surface area (Å²) >= 11 is 3.46. The Kier molecular flexibility index (Phi) is 4.32. The van der Waals surface area contributed by atoms with Crippen LogP contribution in [0.3, 0.4) is 0 Å². The van der Waals surface area contributed by atoms with Gasteiger partial charge in [0.15, 0.2) is 0 Å². The van der Waals surface area contributed by atoms with Crippen molar-refractivity contribution in [2.75, 3.05) is 0 Å². The molecule has 0 bridgehead atoms. The number of aryl methyl sites for hydroxylation is 2. The fourth-order valence-corrected chi connectivity index (χ4v) is 2.26. The zero-order chi connectivity index (χ0) is 13.8. The van der Waals surface area contributed by atoms with Gasteiger partial charge >= 0.3 is 0 Å². The van der Waals surface area contributed by atoms with Crippen molar-refractivity contribution in [3.63, 3.8) is 0 Å². The number of halogens is 1. The van der Waals surface area contributed by atoms with Crippen LogP contribution in [-0.4, -0.2) is 10.9 Å². The minimum atomic E-state index is -0.0965. The molecular formula is C15H15BrN2O. The minimum Gasteiger partial charge on any atom is -0.348 e. The largest absolute Gasteiger partial charge is 0.348 e. The van der Waals surface area contributed by atoms with E-state index in [1.165, 1.54) is 0 Å². The highest BCUT2D eigenvalue weighted by Gasteiger charge is 2.10. The third-order valence-corrected chi connectivity index (χ3v) is 3.64. The Bertz CT molecular complexity index is 611. The number of hydrogen-bond donors (Lipinski definition) is 1. The molecule has 19 heavy (non-hydrogen) atoms. The first-order valence-corrected chi connectivity index (χ1v) is 6.83. The molecular weight excluding hydrogens is 304 g/mol. The molecule has 98 valence electrons. The SMILES string of the molecule is Cc1ccc(C(=O)NCc2ccccc2Br)c(C)n1. The van der Waals surface area contributed by atoms with E-state index >= 15 is 0 Å². The van der Waals surface area contributed by atoms with Crippen LogP contribution in [0.1, 0.15) is 27.3 Å². The van der Waals surface area contributed by atoms with Crippen molar-refractivity contribution < 1.29 is 4.79 Å². The van der Waals surface area contributed by atoms with Gasteiger partial charge in [-0.25, -0.2) is 0 Å². The molecule has 0 unspecified atom stereocenters. The van der Waals surface area contributed by atoms with Crippen LogP contribution < -0.4 is 5.32 Å². The van der Waals surface area contributed by atoms with Gasteiger partial charge in [0.2, 0.25) is 0 Å². The van der Waals surface area contributed by atoms with Crippen molar-refractivity contribution in [2.24, 2.45) is 0 Å². The second-order valence-corrected chi connectivity index (χ2v) is 5.21. The fraction of sp³-hybridized carbons (Fsp3) is 0.200.